The van der Waals surface area contributed by atoms with Crippen LogP contribution in [-0.4, -0.2) is 26.2 Å². The van der Waals surface area contributed by atoms with Gasteiger partial charge in [-0.1, -0.05) is 35.3 Å². The molecule has 0 unspecified atom stereocenters. The van der Waals surface area contributed by atoms with Gasteiger partial charge in [-0.15, -0.1) is 0 Å². The van der Waals surface area contributed by atoms with Crippen molar-refractivity contribution >= 4 is 29.0 Å². The summed E-state index contributed by atoms with van der Waals surface area (Å²) < 4.78 is 39.0. The Labute approximate surface area is 183 Å². The van der Waals surface area contributed by atoms with E-state index >= 15 is 0 Å². The molecule has 31 heavy (non-hydrogen) atoms. The lowest BCUT2D eigenvalue weighted by Gasteiger charge is -2.13. The van der Waals surface area contributed by atoms with Gasteiger partial charge in [0.25, 0.3) is 5.56 Å². The average Bonchev–Trinajstić information content (AvgIpc) is 2.69. The van der Waals surface area contributed by atoms with Crippen LogP contribution in [0.4, 0.5) is 19.0 Å². The van der Waals surface area contributed by atoms with Crippen molar-refractivity contribution in [3.8, 4) is 5.88 Å². The molecule has 0 aliphatic carbocycles. The van der Waals surface area contributed by atoms with E-state index in [4.69, 9.17) is 23.2 Å². The number of aromatic amines is 1. The van der Waals surface area contributed by atoms with Crippen LogP contribution in [0, 0.1) is 0 Å². The summed E-state index contributed by atoms with van der Waals surface area (Å²) >= 11 is 11.7. The Balaban J connectivity index is 1.77. The molecule has 7 nitrogen and oxygen atoms in total. The van der Waals surface area contributed by atoms with Crippen LogP contribution in [0.15, 0.2) is 46.1 Å². The number of hydrogen-bond acceptors (Lipinski definition) is 5. The monoisotopic (exact) mass is 474 g/mol. The smallest absolute Gasteiger partial charge is 0.417 e. The zero-order valence-electron chi connectivity index (χ0n) is 15.6. The van der Waals surface area contributed by atoms with Crippen molar-refractivity contribution in [3.05, 3.63) is 84.1 Å². The van der Waals surface area contributed by atoms with Gasteiger partial charge in [-0.25, -0.2) is 9.78 Å². The number of benzene rings is 1. The average molecular weight is 475 g/mol. The van der Waals surface area contributed by atoms with Crippen molar-refractivity contribution < 1.29 is 18.3 Å². The van der Waals surface area contributed by atoms with Gasteiger partial charge >= 0.3 is 11.9 Å². The lowest BCUT2D eigenvalue weighted by atomic mass is 10.1. The Hall–Kier alpha value is -2.98. The molecule has 3 aromatic rings. The predicted molar refractivity (Wildman–Crippen MR) is 110 cm³/mol. The lowest BCUT2D eigenvalue weighted by molar-refractivity contribution is -0.137. The molecule has 12 heteroatoms. The van der Waals surface area contributed by atoms with Crippen LogP contribution in [-0.2, 0) is 19.1 Å². The normalized spacial score (nSPS) is 11.5. The predicted octanol–water partition coefficient (Wildman–Crippen LogP) is 3.67. The second-order valence-electron chi connectivity index (χ2n) is 6.50. The molecule has 3 rings (SSSR count). The summed E-state index contributed by atoms with van der Waals surface area (Å²) in [6.45, 7) is -0.133. The van der Waals surface area contributed by atoms with Gasteiger partial charge in [-0.2, -0.15) is 13.2 Å². The maximum atomic E-state index is 12.7. The van der Waals surface area contributed by atoms with Gasteiger partial charge in [0, 0.05) is 30.7 Å². The Morgan fingerprint density at radius 2 is 1.84 bits per heavy atom. The van der Waals surface area contributed by atoms with E-state index in [-0.39, 0.29) is 35.9 Å². The zero-order chi connectivity index (χ0) is 22.8. The quantitative estimate of drug-likeness (QED) is 0.506. The second-order valence-corrected chi connectivity index (χ2v) is 7.34. The molecule has 2 heterocycles. The van der Waals surface area contributed by atoms with Gasteiger partial charge in [0.2, 0.25) is 5.88 Å². The molecule has 164 valence electrons. The maximum Gasteiger partial charge on any atom is 0.417 e. The van der Waals surface area contributed by atoms with Gasteiger partial charge in [0.15, 0.2) is 0 Å². The SMILES string of the molecule is O=c1[nH]c(=O)n(CCNc2ncc(C(F)(F)F)cc2Cl)c(O)c1Cc1ccc(Cl)cc1. The molecule has 3 N–H and O–H groups in total. The van der Waals surface area contributed by atoms with E-state index in [2.05, 4.69) is 15.3 Å². The molecule has 0 saturated heterocycles. The highest BCUT2D eigenvalue weighted by atomic mass is 35.5. The molecule has 0 atom stereocenters. The van der Waals surface area contributed by atoms with Gasteiger partial charge in [0.05, 0.1) is 16.1 Å². The van der Waals surface area contributed by atoms with Crippen LogP contribution < -0.4 is 16.6 Å². The van der Waals surface area contributed by atoms with Crippen molar-refractivity contribution in [3.63, 3.8) is 0 Å². The van der Waals surface area contributed by atoms with E-state index in [0.29, 0.717) is 16.8 Å². The minimum Gasteiger partial charge on any atom is -0.494 e. The van der Waals surface area contributed by atoms with Crippen molar-refractivity contribution in [1.82, 2.24) is 14.5 Å². The molecular weight excluding hydrogens is 460 g/mol. The number of nitrogens with one attached hydrogen (secondary N) is 2. The number of aromatic nitrogens is 3. The van der Waals surface area contributed by atoms with E-state index in [1.807, 2.05) is 0 Å². The highest BCUT2D eigenvalue weighted by Gasteiger charge is 2.31. The van der Waals surface area contributed by atoms with Crippen molar-refractivity contribution in [1.29, 1.82) is 0 Å². The first-order valence-electron chi connectivity index (χ1n) is 8.82. The first-order chi connectivity index (χ1) is 14.6. The maximum absolute atomic E-state index is 12.7. The molecule has 0 bridgehead atoms. The van der Waals surface area contributed by atoms with Gasteiger partial charge in [-0.05, 0) is 23.8 Å². The zero-order valence-corrected chi connectivity index (χ0v) is 17.1. The fraction of sp³-hybridized carbons (Fsp3) is 0.211. The van der Waals surface area contributed by atoms with Crippen LogP contribution in [0.1, 0.15) is 16.7 Å². The molecular formula is C19H15Cl2F3N4O3. The van der Waals surface area contributed by atoms with Crippen LogP contribution >= 0.6 is 23.2 Å². The first kappa shape index (κ1) is 22.7. The van der Waals surface area contributed by atoms with E-state index in [0.717, 1.165) is 10.6 Å². The number of halogens is 5. The number of pyridine rings is 1. The van der Waals surface area contributed by atoms with Crippen molar-refractivity contribution in [2.75, 3.05) is 11.9 Å². The number of H-pyrrole nitrogens is 1. The standard InChI is InChI=1S/C19H15Cl2F3N4O3/c20-12-3-1-10(2-4-12)7-13-16(29)27-18(31)28(17(13)30)6-5-25-15-14(21)8-11(9-26-15)19(22,23)24/h1-4,8-9,30H,5-7H2,(H,25,26)(H,27,29,31). The fourth-order valence-electron chi connectivity index (χ4n) is 2.78. The van der Waals surface area contributed by atoms with Crippen molar-refractivity contribution in [2.24, 2.45) is 0 Å². The van der Waals surface area contributed by atoms with Crippen LogP contribution in [0.3, 0.4) is 0 Å². The van der Waals surface area contributed by atoms with Gasteiger partial charge in [0.1, 0.15) is 5.82 Å². The number of anilines is 1. The van der Waals surface area contributed by atoms with Crippen LogP contribution in [0.25, 0.3) is 0 Å². The third-order valence-corrected chi connectivity index (χ3v) is 4.90. The summed E-state index contributed by atoms with van der Waals surface area (Å²) in [5, 5.41) is 13.4. The summed E-state index contributed by atoms with van der Waals surface area (Å²) in [7, 11) is 0. The minimum atomic E-state index is -4.58. The Bertz CT molecular complexity index is 1210. The van der Waals surface area contributed by atoms with Crippen LogP contribution in [0.5, 0.6) is 5.88 Å². The van der Waals surface area contributed by atoms with E-state index in [1.54, 1.807) is 24.3 Å². The Kier molecular flexibility index (Phi) is 6.61. The summed E-state index contributed by atoms with van der Waals surface area (Å²) in [4.78, 5) is 30.0. The molecule has 2 aromatic heterocycles. The third kappa shape index (κ3) is 5.39. The highest BCUT2D eigenvalue weighted by molar-refractivity contribution is 6.33. The molecule has 1 aromatic carbocycles. The number of alkyl halides is 3. The van der Waals surface area contributed by atoms with Crippen LogP contribution in [0.2, 0.25) is 10.0 Å². The molecule has 0 spiro atoms. The minimum absolute atomic E-state index is 0.0159. The fourth-order valence-corrected chi connectivity index (χ4v) is 3.14. The second kappa shape index (κ2) is 9.03. The summed E-state index contributed by atoms with van der Waals surface area (Å²) in [6.07, 6.45) is -3.90. The topological polar surface area (TPSA) is 100 Å². The number of rotatable bonds is 6. The Morgan fingerprint density at radius 1 is 1.16 bits per heavy atom. The third-order valence-electron chi connectivity index (χ3n) is 4.36. The lowest BCUT2D eigenvalue weighted by Crippen LogP contribution is -2.34. The summed E-state index contributed by atoms with van der Waals surface area (Å²) in [5.41, 5.74) is -1.89. The molecule has 0 amide bonds. The summed E-state index contributed by atoms with van der Waals surface area (Å²) in [5.74, 6) is -0.537. The number of nitrogens with zero attached hydrogens (tertiary/aromatic N) is 2. The van der Waals surface area contributed by atoms with E-state index in [9.17, 15) is 27.9 Å². The molecule has 0 saturated carbocycles. The molecule has 0 fully saturated rings. The number of aromatic hydroxyl groups is 1. The van der Waals surface area contributed by atoms with Crippen molar-refractivity contribution in [2.45, 2.75) is 19.1 Å². The largest absolute Gasteiger partial charge is 0.494 e. The molecule has 0 aliphatic rings. The summed E-state index contributed by atoms with van der Waals surface area (Å²) in [6, 6.07) is 7.34. The molecule has 0 aliphatic heterocycles. The van der Waals surface area contributed by atoms with E-state index < -0.39 is 28.9 Å². The molecule has 0 radical (unpaired) electrons. The van der Waals surface area contributed by atoms with Gasteiger partial charge in [-0.3, -0.25) is 14.3 Å². The Morgan fingerprint density at radius 3 is 2.45 bits per heavy atom. The van der Waals surface area contributed by atoms with Gasteiger partial charge < -0.3 is 10.4 Å². The number of hydrogen-bond donors (Lipinski definition) is 3. The highest BCUT2D eigenvalue weighted by Crippen LogP contribution is 2.32. The first-order valence-corrected chi connectivity index (χ1v) is 9.58. The van der Waals surface area contributed by atoms with E-state index in [1.165, 1.54) is 0 Å².